The van der Waals surface area contributed by atoms with E-state index in [2.05, 4.69) is 35.0 Å². The van der Waals surface area contributed by atoms with Crippen LogP contribution in [0.3, 0.4) is 0 Å². The lowest BCUT2D eigenvalue weighted by molar-refractivity contribution is -0.122. The minimum atomic E-state index is 0.207. The van der Waals surface area contributed by atoms with Crippen LogP contribution in [0.15, 0.2) is 11.6 Å². The van der Waals surface area contributed by atoms with E-state index in [1.54, 1.807) is 0 Å². The average Bonchev–Trinajstić information content (AvgIpc) is 2.98. The van der Waals surface area contributed by atoms with Gasteiger partial charge in [0.05, 0.1) is 6.54 Å². The Bertz CT molecular complexity index is 361. The number of piperidine rings is 1. The topological polar surface area (TPSA) is 35.6 Å². The number of carbonyl (C=O) groups is 1. The number of amides is 1. The molecule has 1 amide bonds. The van der Waals surface area contributed by atoms with Gasteiger partial charge in [0.25, 0.3) is 0 Å². The Morgan fingerprint density at radius 1 is 1.14 bits per heavy atom. The van der Waals surface area contributed by atoms with Gasteiger partial charge in [-0.1, -0.05) is 11.6 Å². The number of carbonyl (C=O) groups excluding carboxylic acids is 1. The second-order valence-corrected chi connectivity index (χ2v) is 6.67. The number of rotatable bonds is 6. The fourth-order valence-electron chi connectivity index (χ4n) is 3.36. The minimum absolute atomic E-state index is 0.207. The fraction of sp³-hybridized carbons (Fsp3) is 0.824. The van der Waals surface area contributed by atoms with E-state index in [9.17, 15) is 4.79 Å². The molecule has 2 aliphatic rings. The number of likely N-dealkylation sites (tertiary alicyclic amines) is 2. The van der Waals surface area contributed by atoms with E-state index in [-0.39, 0.29) is 5.91 Å². The van der Waals surface area contributed by atoms with Crippen LogP contribution < -0.4 is 5.32 Å². The SMILES string of the molecule is C/C=C(\C)CN1CCCC(CNC(=O)CN2CCCC2)C1. The molecule has 0 radical (unpaired) electrons. The van der Waals surface area contributed by atoms with Crippen LogP contribution in [-0.4, -0.2) is 61.5 Å². The van der Waals surface area contributed by atoms with Gasteiger partial charge in [0.1, 0.15) is 0 Å². The van der Waals surface area contributed by atoms with Gasteiger partial charge in [0.15, 0.2) is 0 Å². The van der Waals surface area contributed by atoms with E-state index < -0.39 is 0 Å². The van der Waals surface area contributed by atoms with Crippen molar-refractivity contribution in [3.8, 4) is 0 Å². The lowest BCUT2D eigenvalue weighted by atomic mass is 9.97. The highest BCUT2D eigenvalue weighted by Gasteiger charge is 2.21. The summed E-state index contributed by atoms with van der Waals surface area (Å²) >= 11 is 0. The molecule has 1 unspecified atom stereocenters. The lowest BCUT2D eigenvalue weighted by Gasteiger charge is -2.33. The Hall–Kier alpha value is -0.870. The zero-order chi connectivity index (χ0) is 15.1. The Morgan fingerprint density at radius 3 is 2.57 bits per heavy atom. The molecule has 0 bridgehead atoms. The van der Waals surface area contributed by atoms with Crippen molar-refractivity contribution in [3.63, 3.8) is 0 Å². The van der Waals surface area contributed by atoms with Crippen LogP contribution in [0.2, 0.25) is 0 Å². The van der Waals surface area contributed by atoms with Gasteiger partial charge < -0.3 is 5.32 Å². The van der Waals surface area contributed by atoms with Crippen molar-refractivity contribution in [2.24, 2.45) is 5.92 Å². The molecule has 0 saturated carbocycles. The summed E-state index contributed by atoms with van der Waals surface area (Å²) in [7, 11) is 0. The molecule has 4 nitrogen and oxygen atoms in total. The Kier molecular flexibility index (Phi) is 6.71. The monoisotopic (exact) mass is 293 g/mol. The van der Waals surface area contributed by atoms with Gasteiger partial charge in [-0.15, -0.1) is 0 Å². The quantitative estimate of drug-likeness (QED) is 0.760. The molecule has 2 fully saturated rings. The molecular formula is C17H31N3O. The first kappa shape index (κ1) is 16.5. The van der Waals surface area contributed by atoms with E-state index in [4.69, 9.17) is 0 Å². The Labute approximate surface area is 129 Å². The normalized spacial score (nSPS) is 25.2. The van der Waals surface area contributed by atoms with E-state index >= 15 is 0 Å². The number of nitrogens with zero attached hydrogens (tertiary/aromatic N) is 2. The lowest BCUT2D eigenvalue weighted by Crippen LogP contribution is -2.43. The van der Waals surface area contributed by atoms with Crippen LogP contribution in [0.1, 0.15) is 39.5 Å². The summed E-state index contributed by atoms with van der Waals surface area (Å²) in [4.78, 5) is 16.8. The third-order valence-corrected chi connectivity index (χ3v) is 4.72. The highest BCUT2D eigenvalue weighted by Crippen LogP contribution is 2.16. The first-order valence-electron chi connectivity index (χ1n) is 8.50. The smallest absolute Gasteiger partial charge is 0.234 e. The van der Waals surface area contributed by atoms with Crippen LogP contribution in [0.5, 0.6) is 0 Å². The van der Waals surface area contributed by atoms with Crippen molar-refractivity contribution in [1.82, 2.24) is 15.1 Å². The highest BCUT2D eigenvalue weighted by atomic mass is 16.2. The third kappa shape index (κ3) is 5.79. The molecule has 120 valence electrons. The molecule has 1 N–H and O–H groups in total. The molecule has 0 aliphatic carbocycles. The zero-order valence-corrected chi connectivity index (χ0v) is 13.7. The molecule has 0 aromatic heterocycles. The summed E-state index contributed by atoms with van der Waals surface area (Å²) in [5, 5.41) is 3.15. The number of allylic oxidation sites excluding steroid dienone is 1. The van der Waals surface area contributed by atoms with Gasteiger partial charge in [-0.3, -0.25) is 14.6 Å². The largest absolute Gasteiger partial charge is 0.355 e. The van der Waals surface area contributed by atoms with Crippen molar-refractivity contribution in [1.29, 1.82) is 0 Å². The van der Waals surface area contributed by atoms with Crippen LogP contribution >= 0.6 is 0 Å². The number of hydrogen-bond acceptors (Lipinski definition) is 3. The van der Waals surface area contributed by atoms with Crippen molar-refractivity contribution >= 4 is 5.91 Å². The molecule has 0 aromatic rings. The maximum atomic E-state index is 12.0. The Morgan fingerprint density at radius 2 is 1.86 bits per heavy atom. The van der Waals surface area contributed by atoms with Gasteiger partial charge in [-0.05, 0) is 65.1 Å². The molecular weight excluding hydrogens is 262 g/mol. The second-order valence-electron chi connectivity index (χ2n) is 6.67. The standard InChI is InChI=1S/C17H31N3O/c1-3-15(2)12-20-10-6-7-16(13-20)11-18-17(21)14-19-8-4-5-9-19/h3,16H,4-14H2,1-2H3,(H,18,21)/b15-3+. The first-order valence-corrected chi connectivity index (χ1v) is 8.50. The molecule has 21 heavy (non-hydrogen) atoms. The van der Waals surface area contributed by atoms with Crippen LogP contribution in [0.25, 0.3) is 0 Å². The summed E-state index contributed by atoms with van der Waals surface area (Å²) in [5.74, 6) is 0.824. The molecule has 2 aliphatic heterocycles. The average molecular weight is 293 g/mol. The van der Waals surface area contributed by atoms with Gasteiger partial charge in [0, 0.05) is 19.6 Å². The molecule has 4 heteroatoms. The number of hydrogen-bond donors (Lipinski definition) is 1. The predicted octanol–water partition coefficient (Wildman–Crippen LogP) is 1.88. The molecule has 2 rings (SSSR count). The van der Waals surface area contributed by atoms with Gasteiger partial charge >= 0.3 is 0 Å². The summed E-state index contributed by atoms with van der Waals surface area (Å²) in [5.41, 5.74) is 1.44. The van der Waals surface area contributed by atoms with E-state index in [1.165, 1.54) is 37.8 Å². The molecule has 2 heterocycles. The predicted molar refractivity (Wildman–Crippen MR) is 87.3 cm³/mol. The van der Waals surface area contributed by atoms with Crippen LogP contribution in [-0.2, 0) is 4.79 Å². The van der Waals surface area contributed by atoms with Gasteiger partial charge in [-0.25, -0.2) is 0 Å². The zero-order valence-electron chi connectivity index (χ0n) is 13.7. The minimum Gasteiger partial charge on any atom is -0.355 e. The van der Waals surface area contributed by atoms with Crippen molar-refractivity contribution in [2.45, 2.75) is 39.5 Å². The maximum absolute atomic E-state index is 12.0. The van der Waals surface area contributed by atoms with Gasteiger partial charge in [0.2, 0.25) is 5.91 Å². The molecule has 1 atom stereocenters. The second kappa shape index (κ2) is 8.54. The Balaban J connectivity index is 1.66. The first-order chi connectivity index (χ1) is 10.2. The molecule has 0 spiro atoms. The summed E-state index contributed by atoms with van der Waals surface area (Å²) in [6, 6.07) is 0. The van der Waals surface area contributed by atoms with E-state index in [1.807, 2.05) is 0 Å². The van der Waals surface area contributed by atoms with Crippen LogP contribution in [0, 0.1) is 5.92 Å². The fourth-order valence-corrected chi connectivity index (χ4v) is 3.36. The van der Waals surface area contributed by atoms with Gasteiger partial charge in [-0.2, -0.15) is 0 Å². The van der Waals surface area contributed by atoms with E-state index in [0.29, 0.717) is 12.5 Å². The maximum Gasteiger partial charge on any atom is 0.234 e. The molecule has 2 saturated heterocycles. The third-order valence-electron chi connectivity index (χ3n) is 4.72. The van der Waals surface area contributed by atoms with Crippen molar-refractivity contribution in [3.05, 3.63) is 11.6 Å². The van der Waals surface area contributed by atoms with Crippen molar-refractivity contribution in [2.75, 3.05) is 45.8 Å². The molecule has 0 aromatic carbocycles. The van der Waals surface area contributed by atoms with Crippen molar-refractivity contribution < 1.29 is 4.79 Å². The van der Waals surface area contributed by atoms with Crippen LogP contribution in [0.4, 0.5) is 0 Å². The van der Waals surface area contributed by atoms with E-state index in [0.717, 1.165) is 32.7 Å². The summed E-state index contributed by atoms with van der Waals surface area (Å²) in [6.07, 6.45) is 7.19. The summed E-state index contributed by atoms with van der Waals surface area (Å²) in [6.45, 7) is 11.3. The summed E-state index contributed by atoms with van der Waals surface area (Å²) < 4.78 is 0. The highest BCUT2D eigenvalue weighted by molar-refractivity contribution is 5.78. The number of nitrogens with one attached hydrogen (secondary N) is 1.